The molecule has 0 atom stereocenters. The molecule has 118 valence electrons. The van der Waals surface area contributed by atoms with Crippen molar-refractivity contribution in [3.05, 3.63) is 35.0 Å². The van der Waals surface area contributed by atoms with Crippen LogP contribution >= 0.6 is 0 Å². The Morgan fingerprint density at radius 3 is 2.68 bits per heavy atom. The number of nitrogens with zero attached hydrogens (tertiary/aromatic N) is 1. The van der Waals surface area contributed by atoms with E-state index < -0.39 is 5.97 Å². The van der Waals surface area contributed by atoms with Crippen molar-refractivity contribution >= 4 is 22.8 Å². The Labute approximate surface area is 128 Å². The highest BCUT2D eigenvalue weighted by Gasteiger charge is 2.20. The van der Waals surface area contributed by atoms with Crippen LogP contribution in [0.3, 0.4) is 0 Å². The highest BCUT2D eigenvalue weighted by Crippen LogP contribution is 2.23. The van der Waals surface area contributed by atoms with Gasteiger partial charge in [0.05, 0.1) is 6.61 Å². The number of benzene rings is 1. The lowest BCUT2D eigenvalue weighted by Gasteiger charge is -2.19. The third-order valence-corrected chi connectivity index (χ3v) is 3.75. The van der Waals surface area contributed by atoms with Crippen LogP contribution in [0.2, 0.25) is 0 Å². The van der Waals surface area contributed by atoms with E-state index in [4.69, 9.17) is 9.84 Å². The van der Waals surface area contributed by atoms with Crippen molar-refractivity contribution in [2.75, 3.05) is 26.8 Å². The zero-order valence-corrected chi connectivity index (χ0v) is 13.0. The van der Waals surface area contributed by atoms with Gasteiger partial charge in [-0.25, -0.2) is 0 Å². The van der Waals surface area contributed by atoms with Crippen molar-refractivity contribution in [2.24, 2.45) is 0 Å². The number of methoxy groups -OCH3 is 1. The molecule has 1 amide bonds. The fourth-order valence-corrected chi connectivity index (χ4v) is 2.36. The Hall–Kier alpha value is -2.34. The Balaban J connectivity index is 2.33. The zero-order valence-electron chi connectivity index (χ0n) is 13.0. The smallest absolute Gasteiger partial charge is 0.323 e. The van der Waals surface area contributed by atoms with Gasteiger partial charge in [0, 0.05) is 24.6 Å². The fraction of sp³-hybridized carbons (Fsp3) is 0.375. The topological polar surface area (TPSA) is 82.6 Å². The highest BCUT2D eigenvalue weighted by atomic mass is 16.5. The molecule has 0 spiro atoms. The molecule has 2 N–H and O–H groups in total. The molecule has 0 unspecified atom stereocenters. The van der Waals surface area contributed by atoms with E-state index in [1.165, 1.54) is 12.0 Å². The molecule has 22 heavy (non-hydrogen) atoms. The predicted molar refractivity (Wildman–Crippen MR) is 83.2 cm³/mol. The number of nitrogens with one attached hydrogen (secondary N) is 1. The number of aliphatic carboxylic acids is 1. The van der Waals surface area contributed by atoms with Gasteiger partial charge in [-0.3, -0.25) is 9.59 Å². The molecule has 0 aliphatic carbocycles. The van der Waals surface area contributed by atoms with Crippen LogP contribution in [0.5, 0.6) is 0 Å². The molecule has 0 aliphatic rings. The molecular weight excluding hydrogens is 284 g/mol. The van der Waals surface area contributed by atoms with Crippen molar-refractivity contribution in [1.29, 1.82) is 0 Å². The summed E-state index contributed by atoms with van der Waals surface area (Å²) in [5, 5.41) is 9.93. The standard InChI is InChI=1S/C16H20N2O4/c1-10-4-5-13-12(11(10)2)8-14(17-13)16(21)18(6-7-22-3)9-15(19)20/h4-5,8,17H,6-7,9H2,1-3H3,(H,19,20). The van der Waals surface area contributed by atoms with Gasteiger partial charge in [0.1, 0.15) is 12.2 Å². The summed E-state index contributed by atoms with van der Waals surface area (Å²) in [4.78, 5) is 27.8. The monoisotopic (exact) mass is 304 g/mol. The number of aryl methyl sites for hydroxylation is 2. The summed E-state index contributed by atoms with van der Waals surface area (Å²) >= 11 is 0. The van der Waals surface area contributed by atoms with E-state index >= 15 is 0 Å². The average molecular weight is 304 g/mol. The second-order valence-electron chi connectivity index (χ2n) is 5.26. The maximum atomic E-state index is 12.5. The molecule has 2 rings (SSSR count). The Kier molecular flexibility index (Phi) is 4.82. The molecule has 2 aromatic rings. The average Bonchev–Trinajstić information content (AvgIpc) is 2.91. The molecule has 1 aromatic carbocycles. The second kappa shape index (κ2) is 6.62. The Morgan fingerprint density at radius 1 is 1.32 bits per heavy atom. The molecule has 0 saturated heterocycles. The SMILES string of the molecule is COCCN(CC(=O)O)C(=O)c1cc2c(C)c(C)ccc2[nH]1. The second-order valence-corrected chi connectivity index (χ2v) is 5.26. The van der Waals surface area contributed by atoms with Crippen LogP contribution in [-0.2, 0) is 9.53 Å². The molecule has 0 fully saturated rings. The summed E-state index contributed by atoms with van der Waals surface area (Å²) in [7, 11) is 1.51. The van der Waals surface area contributed by atoms with Gasteiger partial charge in [-0.2, -0.15) is 0 Å². The minimum Gasteiger partial charge on any atom is -0.480 e. The third kappa shape index (κ3) is 3.28. The van der Waals surface area contributed by atoms with Crippen LogP contribution in [0.1, 0.15) is 21.6 Å². The summed E-state index contributed by atoms with van der Waals surface area (Å²) in [5.74, 6) is -1.39. The van der Waals surface area contributed by atoms with Gasteiger partial charge in [0.2, 0.25) is 0 Å². The number of aromatic nitrogens is 1. The van der Waals surface area contributed by atoms with E-state index in [-0.39, 0.29) is 25.6 Å². The van der Waals surface area contributed by atoms with Crippen molar-refractivity contribution in [3.8, 4) is 0 Å². The first-order valence-electron chi connectivity index (χ1n) is 7.03. The number of carboxylic acid groups (broad SMARTS) is 1. The molecule has 0 saturated carbocycles. The number of H-pyrrole nitrogens is 1. The summed E-state index contributed by atoms with van der Waals surface area (Å²) in [5.41, 5.74) is 3.51. The third-order valence-electron chi connectivity index (χ3n) is 3.75. The zero-order chi connectivity index (χ0) is 16.3. The van der Waals surface area contributed by atoms with E-state index in [0.29, 0.717) is 5.69 Å². The van der Waals surface area contributed by atoms with Gasteiger partial charge in [0.25, 0.3) is 5.91 Å². The first-order valence-corrected chi connectivity index (χ1v) is 7.03. The van der Waals surface area contributed by atoms with E-state index in [9.17, 15) is 9.59 Å². The van der Waals surface area contributed by atoms with Gasteiger partial charge in [-0.05, 0) is 37.1 Å². The van der Waals surface area contributed by atoms with E-state index in [1.54, 1.807) is 6.07 Å². The summed E-state index contributed by atoms with van der Waals surface area (Å²) in [6.07, 6.45) is 0. The van der Waals surface area contributed by atoms with Crippen LogP contribution in [-0.4, -0.2) is 53.7 Å². The largest absolute Gasteiger partial charge is 0.480 e. The Bertz CT molecular complexity index is 705. The highest BCUT2D eigenvalue weighted by molar-refractivity contribution is 6.00. The molecule has 1 heterocycles. The van der Waals surface area contributed by atoms with Gasteiger partial charge in [-0.1, -0.05) is 6.07 Å². The molecule has 6 nitrogen and oxygen atoms in total. The maximum absolute atomic E-state index is 12.5. The van der Waals surface area contributed by atoms with Gasteiger partial charge in [-0.15, -0.1) is 0 Å². The lowest BCUT2D eigenvalue weighted by Crippen LogP contribution is -2.38. The number of ether oxygens (including phenoxy) is 1. The maximum Gasteiger partial charge on any atom is 0.323 e. The van der Waals surface area contributed by atoms with Crippen LogP contribution in [0.25, 0.3) is 10.9 Å². The number of hydrogen-bond donors (Lipinski definition) is 2. The van der Waals surface area contributed by atoms with Crippen LogP contribution in [0, 0.1) is 13.8 Å². The first kappa shape index (κ1) is 16.0. The van der Waals surface area contributed by atoms with Crippen LogP contribution in [0.4, 0.5) is 0 Å². The summed E-state index contributed by atoms with van der Waals surface area (Å²) in [6, 6.07) is 5.69. The lowest BCUT2D eigenvalue weighted by atomic mass is 10.1. The van der Waals surface area contributed by atoms with E-state index in [2.05, 4.69) is 4.98 Å². The van der Waals surface area contributed by atoms with Gasteiger partial charge in [0.15, 0.2) is 0 Å². The lowest BCUT2D eigenvalue weighted by molar-refractivity contribution is -0.137. The number of fused-ring (bicyclic) bond motifs is 1. The number of carbonyl (C=O) groups is 2. The molecule has 0 radical (unpaired) electrons. The van der Waals surface area contributed by atoms with E-state index in [1.807, 2.05) is 26.0 Å². The van der Waals surface area contributed by atoms with Gasteiger partial charge < -0.3 is 19.7 Å². The van der Waals surface area contributed by atoms with E-state index in [0.717, 1.165) is 22.0 Å². The molecule has 6 heteroatoms. The molecule has 0 bridgehead atoms. The van der Waals surface area contributed by atoms with Crippen molar-refractivity contribution < 1.29 is 19.4 Å². The molecule has 1 aromatic heterocycles. The number of amides is 1. The quantitative estimate of drug-likeness (QED) is 0.854. The summed E-state index contributed by atoms with van der Waals surface area (Å²) in [6.45, 7) is 4.18. The minimum atomic E-state index is -1.05. The number of hydrogen-bond acceptors (Lipinski definition) is 3. The van der Waals surface area contributed by atoms with Crippen molar-refractivity contribution in [3.63, 3.8) is 0 Å². The number of carboxylic acids is 1. The summed E-state index contributed by atoms with van der Waals surface area (Å²) < 4.78 is 4.94. The first-order chi connectivity index (χ1) is 10.4. The number of aromatic amines is 1. The van der Waals surface area contributed by atoms with Crippen molar-refractivity contribution in [1.82, 2.24) is 9.88 Å². The normalized spacial score (nSPS) is 10.9. The fourth-order valence-electron chi connectivity index (χ4n) is 2.36. The van der Waals surface area contributed by atoms with Crippen LogP contribution in [0.15, 0.2) is 18.2 Å². The predicted octanol–water partition coefficient (Wildman–Crippen LogP) is 1.96. The minimum absolute atomic E-state index is 0.231. The van der Waals surface area contributed by atoms with Crippen molar-refractivity contribution in [2.45, 2.75) is 13.8 Å². The number of carbonyl (C=O) groups excluding carboxylic acids is 1. The number of rotatable bonds is 6. The molecular formula is C16H20N2O4. The van der Waals surface area contributed by atoms with Gasteiger partial charge >= 0.3 is 5.97 Å². The Morgan fingerprint density at radius 2 is 2.05 bits per heavy atom. The molecule has 0 aliphatic heterocycles. The van der Waals surface area contributed by atoms with Crippen LogP contribution < -0.4 is 0 Å².